The maximum atomic E-state index is 12.6. The minimum Gasteiger partial charge on any atom is -0.269 e. The van der Waals surface area contributed by atoms with Crippen LogP contribution >= 0.6 is 0 Å². The predicted molar refractivity (Wildman–Crippen MR) is 77.9 cm³/mol. The van der Waals surface area contributed by atoms with Gasteiger partial charge in [0.15, 0.2) is 0 Å². The molecule has 0 bridgehead atoms. The zero-order valence-electron chi connectivity index (χ0n) is 11.2. The Hall–Kier alpha value is -2.83. The van der Waals surface area contributed by atoms with Crippen LogP contribution in [-0.4, -0.2) is 15.5 Å². The molecule has 2 aromatic carbocycles. The Kier molecular flexibility index (Phi) is 3.93. The van der Waals surface area contributed by atoms with Gasteiger partial charge in [-0.05, 0) is 30.3 Å². The Morgan fingerprint density at radius 2 is 1.71 bits per heavy atom. The monoisotopic (exact) mass is 297 g/mol. The molecule has 0 aliphatic heterocycles. The van der Waals surface area contributed by atoms with Crippen LogP contribution < -0.4 is 4.31 Å². The van der Waals surface area contributed by atoms with Crippen LogP contribution in [-0.2, 0) is 10.0 Å². The third-order valence-electron chi connectivity index (χ3n) is 2.98. The van der Waals surface area contributed by atoms with Crippen molar-refractivity contribution < 1.29 is 8.42 Å². The van der Waals surface area contributed by atoms with Crippen molar-refractivity contribution in [3.63, 3.8) is 0 Å². The van der Waals surface area contributed by atoms with E-state index in [-0.39, 0.29) is 10.5 Å². The Balaban J connectivity index is 2.54. The Labute approximate surface area is 123 Å². The van der Waals surface area contributed by atoms with Crippen molar-refractivity contribution in [3.05, 3.63) is 59.7 Å². The molecule has 6 heteroatoms. The summed E-state index contributed by atoms with van der Waals surface area (Å²) in [6.45, 7) is 0. The second kappa shape index (κ2) is 5.66. The molecule has 0 atom stereocenters. The van der Waals surface area contributed by atoms with Gasteiger partial charge in [0.1, 0.15) is 11.0 Å². The number of nitrogens with zero attached hydrogens (tertiary/aromatic N) is 3. The topological polar surface area (TPSA) is 85.0 Å². The lowest BCUT2D eigenvalue weighted by molar-refractivity contribution is 0.594. The second-order valence-electron chi connectivity index (χ2n) is 4.24. The quantitative estimate of drug-likeness (QED) is 0.869. The molecule has 0 aliphatic carbocycles. The van der Waals surface area contributed by atoms with E-state index in [4.69, 9.17) is 10.5 Å². The average Bonchev–Trinajstić information content (AvgIpc) is 2.54. The minimum atomic E-state index is -3.86. The third kappa shape index (κ3) is 2.71. The van der Waals surface area contributed by atoms with E-state index in [0.717, 1.165) is 4.31 Å². The summed E-state index contributed by atoms with van der Waals surface area (Å²) >= 11 is 0. The summed E-state index contributed by atoms with van der Waals surface area (Å²) in [6.07, 6.45) is 0. The van der Waals surface area contributed by atoms with Crippen LogP contribution in [0.15, 0.2) is 53.4 Å². The molecule has 21 heavy (non-hydrogen) atoms. The molecule has 0 spiro atoms. The van der Waals surface area contributed by atoms with Gasteiger partial charge in [0.05, 0.1) is 22.9 Å². The molecule has 0 radical (unpaired) electrons. The van der Waals surface area contributed by atoms with Gasteiger partial charge < -0.3 is 0 Å². The summed E-state index contributed by atoms with van der Waals surface area (Å²) in [6, 6.07) is 16.1. The van der Waals surface area contributed by atoms with E-state index in [1.165, 1.54) is 25.2 Å². The number of nitriles is 2. The zero-order valence-corrected chi connectivity index (χ0v) is 12.0. The lowest BCUT2D eigenvalue weighted by Crippen LogP contribution is -2.27. The molecule has 0 fully saturated rings. The molecule has 0 saturated heterocycles. The van der Waals surface area contributed by atoms with Crippen molar-refractivity contribution in [1.29, 1.82) is 10.5 Å². The van der Waals surface area contributed by atoms with Gasteiger partial charge in [-0.15, -0.1) is 0 Å². The Morgan fingerprint density at radius 1 is 1.00 bits per heavy atom. The molecule has 0 saturated carbocycles. The summed E-state index contributed by atoms with van der Waals surface area (Å²) in [4.78, 5) is -0.0580. The summed E-state index contributed by atoms with van der Waals surface area (Å²) in [5.74, 6) is 0. The lowest BCUT2D eigenvalue weighted by atomic mass is 10.2. The molecule has 2 aromatic rings. The highest BCUT2D eigenvalue weighted by Gasteiger charge is 2.24. The number of rotatable bonds is 3. The Bertz CT molecular complexity index is 861. The summed E-state index contributed by atoms with van der Waals surface area (Å²) in [5, 5.41) is 17.9. The van der Waals surface area contributed by atoms with E-state index in [0.29, 0.717) is 11.3 Å². The maximum absolute atomic E-state index is 12.6. The standard InChI is InChI=1S/C15H11N3O2S/c1-18(14-7-4-5-12(9-14)10-16)21(19,20)15-8-3-2-6-13(15)11-17/h2-9H,1H3. The molecule has 0 heterocycles. The number of benzene rings is 2. The fourth-order valence-corrected chi connectivity index (χ4v) is 3.17. The largest absolute Gasteiger partial charge is 0.269 e. The molecule has 2 rings (SSSR count). The first kappa shape index (κ1) is 14.6. The lowest BCUT2D eigenvalue weighted by Gasteiger charge is -2.20. The molecule has 104 valence electrons. The SMILES string of the molecule is CN(c1cccc(C#N)c1)S(=O)(=O)c1ccccc1C#N. The normalized spacial score (nSPS) is 10.4. The highest BCUT2D eigenvalue weighted by Crippen LogP contribution is 2.24. The second-order valence-corrected chi connectivity index (χ2v) is 6.18. The van der Waals surface area contributed by atoms with Crippen LogP contribution in [0.2, 0.25) is 0 Å². The average molecular weight is 297 g/mol. The zero-order chi connectivity index (χ0) is 15.5. The predicted octanol–water partition coefficient (Wildman–Crippen LogP) is 2.26. The van der Waals surface area contributed by atoms with Crippen LogP contribution in [0.4, 0.5) is 5.69 Å². The fourth-order valence-electron chi connectivity index (χ4n) is 1.84. The van der Waals surface area contributed by atoms with Gasteiger partial charge in [-0.1, -0.05) is 18.2 Å². The molecular formula is C15H11N3O2S. The first-order valence-electron chi connectivity index (χ1n) is 5.99. The van der Waals surface area contributed by atoms with Gasteiger partial charge in [-0.25, -0.2) is 8.42 Å². The van der Waals surface area contributed by atoms with Crippen LogP contribution in [0.5, 0.6) is 0 Å². The van der Waals surface area contributed by atoms with E-state index in [2.05, 4.69) is 0 Å². The van der Waals surface area contributed by atoms with Crippen molar-refractivity contribution in [2.24, 2.45) is 0 Å². The number of hydrogen-bond acceptors (Lipinski definition) is 4. The van der Waals surface area contributed by atoms with Gasteiger partial charge in [0.2, 0.25) is 0 Å². The van der Waals surface area contributed by atoms with Crippen LogP contribution in [0, 0.1) is 22.7 Å². The van der Waals surface area contributed by atoms with Gasteiger partial charge in [0.25, 0.3) is 10.0 Å². The summed E-state index contributed by atoms with van der Waals surface area (Å²) < 4.78 is 26.3. The van der Waals surface area contributed by atoms with Gasteiger partial charge in [0, 0.05) is 7.05 Å². The molecular weight excluding hydrogens is 286 g/mol. The highest BCUT2D eigenvalue weighted by atomic mass is 32.2. The number of anilines is 1. The van der Waals surface area contributed by atoms with Crippen molar-refractivity contribution in [3.8, 4) is 12.1 Å². The third-order valence-corrected chi connectivity index (χ3v) is 4.83. The number of sulfonamides is 1. The fraction of sp³-hybridized carbons (Fsp3) is 0.0667. The van der Waals surface area contributed by atoms with Gasteiger partial charge in [-0.2, -0.15) is 10.5 Å². The van der Waals surface area contributed by atoms with E-state index in [1.54, 1.807) is 30.3 Å². The van der Waals surface area contributed by atoms with Crippen molar-refractivity contribution in [1.82, 2.24) is 0 Å². The first-order chi connectivity index (χ1) is 10.0. The summed E-state index contributed by atoms with van der Waals surface area (Å²) in [7, 11) is -2.47. The summed E-state index contributed by atoms with van der Waals surface area (Å²) in [5.41, 5.74) is 0.811. The van der Waals surface area contributed by atoms with E-state index in [1.807, 2.05) is 12.1 Å². The molecule has 0 amide bonds. The molecule has 0 aromatic heterocycles. The Morgan fingerprint density at radius 3 is 2.38 bits per heavy atom. The van der Waals surface area contributed by atoms with Crippen LogP contribution in [0.25, 0.3) is 0 Å². The molecule has 0 unspecified atom stereocenters. The van der Waals surface area contributed by atoms with Crippen molar-refractivity contribution in [2.75, 3.05) is 11.4 Å². The highest BCUT2D eigenvalue weighted by molar-refractivity contribution is 7.92. The minimum absolute atomic E-state index is 0.0580. The molecule has 5 nitrogen and oxygen atoms in total. The number of hydrogen-bond donors (Lipinski definition) is 0. The van der Waals surface area contributed by atoms with Gasteiger partial charge >= 0.3 is 0 Å². The smallest absolute Gasteiger partial charge is 0.265 e. The first-order valence-corrected chi connectivity index (χ1v) is 7.43. The van der Waals surface area contributed by atoms with Gasteiger partial charge in [-0.3, -0.25) is 4.31 Å². The van der Waals surface area contributed by atoms with E-state index < -0.39 is 10.0 Å². The van der Waals surface area contributed by atoms with E-state index >= 15 is 0 Å². The molecule has 0 aliphatic rings. The maximum Gasteiger partial charge on any atom is 0.265 e. The van der Waals surface area contributed by atoms with Crippen molar-refractivity contribution in [2.45, 2.75) is 4.90 Å². The molecule has 0 N–H and O–H groups in total. The van der Waals surface area contributed by atoms with Crippen molar-refractivity contribution >= 4 is 15.7 Å². The van der Waals surface area contributed by atoms with E-state index in [9.17, 15) is 8.42 Å². The van der Waals surface area contributed by atoms with Crippen LogP contribution in [0.3, 0.4) is 0 Å². The van der Waals surface area contributed by atoms with Crippen LogP contribution in [0.1, 0.15) is 11.1 Å².